The van der Waals surface area contributed by atoms with Crippen LogP contribution < -0.4 is 10.6 Å². The minimum Gasteiger partial charge on any atom is -0.478 e. The van der Waals surface area contributed by atoms with E-state index in [2.05, 4.69) is 10.6 Å². The van der Waals surface area contributed by atoms with Crippen molar-refractivity contribution in [2.45, 2.75) is 19.5 Å². The normalized spacial score (nSPS) is 11.9. The molecule has 0 saturated carbocycles. The Labute approximate surface area is 151 Å². The van der Waals surface area contributed by atoms with Crippen LogP contribution in [-0.2, 0) is 11.3 Å². The van der Waals surface area contributed by atoms with E-state index >= 15 is 0 Å². The summed E-state index contributed by atoms with van der Waals surface area (Å²) < 4.78 is 0. The molecule has 26 heavy (non-hydrogen) atoms. The van der Waals surface area contributed by atoms with E-state index in [1.165, 1.54) is 18.3 Å². The maximum atomic E-state index is 12.2. The second-order valence-electron chi connectivity index (χ2n) is 5.66. The van der Waals surface area contributed by atoms with Gasteiger partial charge in [0.1, 0.15) is 11.6 Å². The van der Waals surface area contributed by atoms with E-state index in [4.69, 9.17) is 5.11 Å². The predicted octanol–water partition coefficient (Wildman–Crippen LogP) is 2.76. The molecule has 1 unspecified atom stereocenters. The van der Waals surface area contributed by atoms with Crippen molar-refractivity contribution in [2.24, 2.45) is 0 Å². The standard InChI is InChI=1S/C20H19N3O3/c1-14(16-5-3-2-4-6-16)23-19(24)18(11-21)13-22-12-15-7-9-17(10-8-15)20(25)26/h2-10,13-14,22H,12H2,1H3,(H,23,24)(H,25,26)/b18-13-. The zero-order valence-electron chi connectivity index (χ0n) is 14.3. The average Bonchev–Trinajstić information content (AvgIpc) is 2.66. The minimum atomic E-state index is -0.986. The summed E-state index contributed by atoms with van der Waals surface area (Å²) in [5, 5.41) is 23.7. The Hall–Kier alpha value is -3.59. The maximum Gasteiger partial charge on any atom is 0.335 e. The molecule has 0 aromatic heterocycles. The molecule has 6 heteroatoms. The molecule has 0 aliphatic rings. The highest BCUT2D eigenvalue weighted by atomic mass is 16.4. The van der Waals surface area contributed by atoms with Crippen molar-refractivity contribution >= 4 is 11.9 Å². The van der Waals surface area contributed by atoms with Crippen LogP contribution in [0, 0.1) is 11.3 Å². The fourth-order valence-electron chi connectivity index (χ4n) is 2.28. The van der Waals surface area contributed by atoms with E-state index in [-0.39, 0.29) is 17.2 Å². The number of carbonyl (C=O) groups excluding carboxylic acids is 1. The molecular weight excluding hydrogens is 330 g/mol. The van der Waals surface area contributed by atoms with Gasteiger partial charge in [0.15, 0.2) is 0 Å². The molecular formula is C20H19N3O3. The minimum absolute atomic E-state index is 0.0325. The molecule has 0 fully saturated rings. The number of benzene rings is 2. The number of hydrogen-bond donors (Lipinski definition) is 3. The second kappa shape index (κ2) is 9.04. The van der Waals surface area contributed by atoms with Crippen LogP contribution in [-0.4, -0.2) is 17.0 Å². The van der Waals surface area contributed by atoms with Crippen molar-refractivity contribution in [3.8, 4) is 6.07 Å². The Kier molecular flexibility index (Phi) is 6.52. The molecule has 0 saturated heterocycles. The highest BCUT2D eigenvalue weighted by molar-refractivity contribution is 5.97. The third-order valence-electron chi connectivity index (χ3n) is 3.77. The highest BCUT2D eigenvalue weighted by Gasteiger charge is 2.13. The first kappa shape index (κ1) is 18.7. The van der Waals surface area contributed by atoms with Crippen molar-refractivity contribution < 1.29 is 14.7 Å². The zero-order chi connectivity index (χ0) is 18.9. The van der Waals surface area contributed by atoms with E-state index < -0.39 is 11.9 Å². The number of carboxylic acid groups (broad SMARTS) is 1. The van der Waals surface area contributed by atoms with Gasteiger partial charge < -0.3 is 15.7 Å². The molecule has 1 atom stereocenters. The van der Waals surface area contributed by atoms with Gasteiger partial charge in [-0.3, -0.25) is 4.79 Å². The van der Waals surface area contributed by atoms with Gasteiger partial charge in [0, 0.05) is 12.7 Å². The SMILES string of the molecule is CC(NC(=O)/C(C#N)=C\NCc1ccc(C(=O)O)cc1)c1ccccc1. The van der Waals surface area contributed by atoms with Crippen molar-refractivity contribution in [3.63, 3.8) is 0 Å². The van der Waals surface area contributed by atoms with Crippen molar-refractivity contribution in [3.05, 3.63) is 83.1 Å². The number of nitrogens with zero attached hydrogens (tertiary/aromatic N) is 1. The van der Waals surface area contributed by atoms with E-state index in [9.17, 15) is 14.9 Å². The summed E-state index contributed by atoms with van der Waals surface area (Å²) in [5.41, 5.74) is 1.96. The molecule has 0 heterocycles. The third-order valence-corrected chi connectivity index (χ3v) is 3.77. The van der Waals surface area contributed by atoms with Gasteiger partial charge in [-0.15, -0.1) is 0 Å². The summed E-state index contributed by atoms with van der Waals surface area (Å²) in [6, 6.07) is 17.5. The summed E-state index contributed by atoms with van der Waals surface area (Å²) >= 11 is 0. The van der Waals surface area contributed by atoms with Gasteiger partial charge in [0.25, 0.3) is 5.91 Å². The molecule has 2 aromatic rings. The molecule has 0 aliphatic heterocycles. The van der Waals surface area contributed by atoms with Gasteiger partial charge in [0.05, 0.1) is 11.6 Å². The summed E-state index contributed by atoms with van der Waals surface area (Å²) in [6.45, 7) is 2.21. The fourth-order valence-corrected chi connectivity index (χ4v) is 2.28. The van der Waals surface area contributed by atoms with Crippen LogP contribution in [0.4, 0.5) is 0 Å². The van der Waals surface area contributed by atoms with Gasteiger partial charge in [0.2, 0.25) is 0 Å². The molecule has 0 spiro atoms. The highest BCUT2D eigenvalue weighted by Crippen LogP contribution is 2.11. The molecule has 0 bridgehead atoms. The average molecular weight is 349 g/mol. The van der Waals surface area contributed by atoms with Crippen LogP contribution in [0.15, 0.2) is 66.4 Å². The summed E-state index contributed by atoms with van der Waals surface area (Å²) in [6.07, 6.45) is 1.36. The lowest BCUT2D eigenvalue weighted by molar-refractivity contribution is -0.117. The zero-order valence-corrected chi connectivity index (χ0v) is 14.3. The van der Waals surface area contributed by atoms with E-state index in [1.807, 2.05) is 43.3 Å². The molecule has 0 aliphatic carbocycles. The van der Waals surface area contributed by atoms with E-state index in [1.54, 1.807) is 12.1 Å². The smallest absolute Gasteiger partial charge is 0.335 e. The lowest BCUT2D eigenvalue weighted by Crippen LogP contribution is -2.28. The Morgan fingerprint density at radius 2 is 1.81 bits per heavy atom. The van der Waals surface area contributed by atoms with E-state index in [0.29, 0.717) is 6.54 Å². The number of rotatable bonds is 7. The van der Waals surface area contributed by atoms with Crippen LogP contribution in [0.2, 0.25) is 0 Å². The number of carboxylic acids is 1. The third kappa shape index (κ3) is 5.21. The molecule has 2 rings (SSSR count). The van der Waals surface area contributed by atoms with Crippen molar-refractivity contribution in [2.75, 3.05) is 0 Å². The molecule has 0 radical (unpaired) electrons. The van der Waals surface area contributed by atoms with Crippen LogP contribution in [0.3, 0.4) is 0 Å². The summed E-state index contributed by atoms with van der Waals surface area (Å²) in [7, 11) is 0. The topological polar surface area (TPSA) is 102 Å². The van der Waals surface area contributed by atoms with Gasteiger partial charge in [-0.05, 0) is 30.2 Å². The fraction of sp³-hybridized carbons (Fsp3) is 0.150. The first-order chi connectivity index (χ1) is 12.5. The maximum absolute atomic E-state index is 12.2. The van der Waals surface area contributed by atoms with Gasteiger partial charge in [-0.1, -0.05) is 42.5 Å². The second-order valence-corrected chi connectivity index (χ2v) is 5.66. The number of amides is 1. The number of nitriles is 1. The van der Waals surface area contributed by atoms with Gasteiger partial charge in [-0.2, -0.15) is 5.26 Å². The molecule has 3 N–H and O–H groups in total. The summed E-state index contributed by atoms with van der Waals surface area (Å²) in [5.74, 6) is -1.45. The van der Waals surface area contributed by atoms with Crippen molar-refractivity contribution in [1.29, 1.82) is 5.26 Å². The Balaban J connectivity index is 1.93. The Bertz CT molecular complexity index is 837. The van der Waals surface area contributed by atoms with Crippen LogP contribution in [0.25, 0.3) is 0 Å². The first-order valence-electron chi connectivity index (χ1n) is 8.03. The molecule has 6 nitrogen and oxygen atoms in total. The number of carbonyl (C=O) groups is 2. The monoisotopic (exact) mass is 349 g/mol. The quantitative estimate of drug-likeness (QED) is 0.527. The predicted molar refractivity (Wildman–Crippen MR) is 96.9 cm³/mol. The number of aromatic carboxylic acids is 1. The molecule has 1 amide bonds. The Morgan fingerprint density at radius 3 is 2.38 bits per heavy atom. The molecule has 2 aromatic carbocycles. The number of nitrogens with one attached hydrogen (secondary N) is 2. The van der Waals surface area contributed by atoms with Crippen LogP contribution >= 0.6 is 0 Å². The van der Waals surface area contributed by atoms with Gasteiger partial charge in [-0.25, -0.2) is 4.79 Å². The van der Waals surface area contributed by atoms with Crippen molar-refractivity contribution in [1.82, 2.24) is 10.6 Å². The van der Waals surface area contributed by atoms with Gasteiger partial charge >= 0.3 is 5.97 Å². The lowest BCUT2D eigenvalue weighted by atomic mass is 10.1. The first-order valence-corrected chi connectivity index (χ1v) is 8.03. The Morgan fingerprint density at radius 1 is 1.15 bits per heavy atom. The van der Waals surface area contributed by atoms with Crippen LogP contribution in [0.5, 0.6) is 0 Å². The number of hydrogen-bond acceptors (Lipinski definition) is 4. The largest absolute Gasteiger partial charge is 0.478 e. The summed E-state index contributed by atoms with van der Waals surface area (Å²) in [4.78, 5) is 23.0. The lowest BCUT2D eigenvalue weighted by Gasteiger charge is -2.13. The van der Waals surface area contributed by atoms with E-state index in [0.717, 1.165) is 11.1 Å². The molecule has 132 valence electrons. The van der Waals surface area contributed by atoms with Crippen LogP contribution in [0.1, 0.15) is 34.5 Å².